The Labute approximate surface area is 225 Å². The molecule has 1 aliphatic heterocycles. The lowest BCUT2D eigenvalue weighted by Crippen LogP contribution is -2.42. The Kier molecular flexibility index (Phi) is 6.73. The van der Waals surface area contributed by atoms with Gasteiger partial charge in [0.1, 0.15) is 11.4 Å². The van der Waals surface area contributed by atoms with E-state index in [1.54, 1.807) is 25.3 Å². The molecule has 0 unspecified atom stereocenters. The number of aromatic nitrogens is 2. The van der Waals surface area contributed by atoms with E-state index in [9.17, 15) is 4.79 Å². The summed E-state index contributed by atoms with van der Waals surface area (Å²) in [4.78, 5) is 15.3. The van der Waals surface area contributed by atoms with Gasteiger partial charge >= 0.3 is 0 Å². The lowest BCUT2D eigenvalue weighted by Gasteiger charge is -2.37. The first kappa shape index (κ1) is 25.3. The van der Waals surface area contributed by atoms with Crippen molar-refractivity contribution in [2.75, 3.05) is 12.0 Å². The summed E-state index contributed by atoms with van der Waals surface area (Å²) in [5.74, 6) is -0.225. The van der Waals surface area contributed by atoms with E-state index in [4.69, 9.17) is 33.0 Å². The molecule has 1 amide bonds. The van der Waals surface area contributed by atoms with Gasteiger partial charge in [0.15, 0.2) is 5.82 Å². The molecule has 3 aromatic carbocycles. The average molecular weight is 538 g/mol. The van der Waals surface area contributed by atoms with E-state index in [1.807, 2.05) is 48.0 Å². The smallest absolute Gasteiger partial charge is 0.234 e. The van der Waals surface area contributed by atoms with Gasteiger partial charge in [0.25, 0.3) is 0 Å². The van der Waals surface area contributed by atoms with Crippen LogP contribution in [-0.4, -0.2) is 22.8 Å². The number of hydrogen-bond donors (Lipinski definition) is 0. The van der Waals surface area contributed by atoms with Crippen LogP contribution in [0.3, 0.4) is 0 Å². The number of para-hydroxylation sites is 2. The number of amides is 1. The maximum Gasteiger partial charge on any atom is 0.234 e. The zero-order valence-electron chi connectivity index (χ0n) is 20.9. The van der Waals surface area contributed by atoms with Gasteiger partial charge in [-0.1, -0.05) is 61.3 Å². The number of benzene rings is 3. The summed E-state index contributed by atoms with van der Waals surface area (Å²) in [5.41, 5.74) is 5.04. The van der Waals surface area contributed by atoms with Gasteiger partial charge < -0.3 is 4.74 Å². The predicted octanol–water partition coefficient (Wildman–Crippen LogP) is 7.44. The van der Waals surface area contributed by atoms with Gasteiger partial charge in [-0.25, -0.2) is 9.07 Å². The van der Waals surface area contributed by atoms with Crippen LogP contribution in [-0.2, 0) is 11.2 Å². The van der Waals surface area contributed by atoms with E-state index in [1.165, 1.54) is 11.0 Å². The van der Waals surface area contributed by atoms with Gasteiger partial charge in [-0.3, -0.25) is 9.69 Å². The highest BCUT2D eigenvalue weighted by Crippen LogP contribution is 2.45. The number of methoxy groups -OCH3 is 1. The Balaban J connectivity index is 1.85. The van der Waals surface area contributed by atoms with Crippen molar-refractivity contribution in [3.05, 3.63) is 105 Å². The van der Waals surface area contributed by atoms with Crippen LogP contribution in [0.15, 0.2) is 60.7 Å². The maximum atomic E-state index is 15.4. The third kappa shape index (κ3) is 4.28. The first-order valence-electron chi connectivity index (χ1n) is 12.0. The van der Waals surface area contributed by atoms with Crippen LogP contribution in [0, 0.1) is 12.7 Å². The number of anilines is 1. The Morgan fingerprint density at radius 1 is 1.05 bits per heavy atom. The summed E-state index contributed by atoms with van der Waals surface area (Å²) in [5, 5.41) is 5.47. The van der Waals surface area contributed by atoms with Crippen LogP contribution >= 0.6 is 23.2 Å². The zero-order valence-corrected chi connectivity index (χ0v) is 22.4. The average Bonchev–Trinajstić information content (AvgIpc) is 3.24. The van der Waals surface area contributed by atoms with E-state index < -0.39 is 11.9 Å². The number of rotatable bonds is 5. The SMILES string of the molecule is COc1ccccc1-n1nc2c(c1C(C)C)[C@H](c1ccc(Cl)cc1C)N(c1cccc(Cl)c1F)C(=O)C2. The molecule has 190 valence electrons. The van der Waals surface area contributed by atoms with Crippen molar-refractivity contribution >= 4 is 34.8 Å². The highest BCUT2D eigenvalue weighted by molar-refractivity contribution is 6.31. The van der Waals surface area contributed by atoms with Crippen LogP contribution in [0.25, 0.3) is 5.69 Å². The fraction of sp³-hybridized carbons (Fsp3) is 0.241. The van der Waals surface area contributed by atoms with Crippen molar-refractivity contribution in [3.8, 4) is 11.4 Å². The van der Waals surface area contributed by atoms with Crippen LogP contribution in [0.2, 0.25) is 10.0 Å². The van der Waals surface area contributed by atoms with Crippen molar-refractivity contribution in [2.45, 2.75) is 39.2 Å². The number of nitrogens with zero attached hydrogens (tertiary/aromatic N) is 3. The summed E-state index contributed by atoms with van der Waals surface area (Å²) in [6.45, 7) is 6.09. The van der Waals surface area contributed by atoms with Crippen LogP contribution in [0.4, 0.5) is 10.1 Å². The van der Waals surface area contributed by atoms with Crippen molar-refractivity contribution < 1.29 is 13.9 Å². The minimum Gasteiger partial charge on any atom is -0.494 e. The van der Waals surface area contributed by atoms with E-state index in [2.05, 4.69) is 13.8 Å². The van der Waals surface area contributed by atoms with Gasteiger partial charge in [-0.15, -0.1) is 0 Å². The Morgan fingerprint density at radius 3 is 2.49 bits per heavy atom. The molecular weight excluding hydrogens is 512 g/mol. The molecule has 5 nitrogen and oxygen atoms in total. The maximum absolute atomic E-state index is 15.4. The highest BCUT2D eigenvalue weighted by atomic mass is 35.5. The zero-order chi connectivity index (χ0) is 26.4. The van der Waals surface area contributed by atoms with E-state index in [0.717, 1.165) is 28.1 Å². The number of carbonyl (C=O) groups excluding carboxylic acids is 1. The van der Waals surface area contributed by atoms with Crippen LogP contribution in [0.5, 0.6) is 5.75 Å². The molecule has 0 radical (unpaired) electrons. The lowest BCUT2D eigenvalue weighted by atomic mass is 9.85. The van der Waals surface area contributed by atoms with Gasteiger partial charge in [-0.2, -0.15) is 5.10 Å². The molecule has 5 rings (SSSR count). The summed E-state index contributed by atoms with van der Waals surface area (Å²) in [7, 11) is 1.62. The molecule has 0 spiro atoms. The standard InChI is InChI=1S/C29H26Cl2FN3O2/c1-16(2)28-26-21(33-35(28)22-9-5-6-11-24(22)37-4)15-25(36)34(23-10-7-8-20(31)27(23)32)29(26)19-13-12-18(30)14-17(19)3/h5-14,16,29H,15H2,1-4H3/t29-/m0/s1. The van der Waals surface area contributed by atoms with Crippen molar-refractivity contribution in [1.82, 2.24) is 9.78 Å². The normalized spacial score (nSPS) is 15.3. The molecule has 37 heavy (non-hydrogen) atoms. The van der Waals surface area contributed by atoms with Gasteiger partial charge in [0.05, 0.1) is 41.7 Å². The number of fused-ring (bicyclic) bond motifs is 1. The molecule has 4 aromatic rings. The second-order valence-corrected chi connectivity index (χ2v) is 10.2. The first-order valence-corrected chi connectivity index (χ1v) is 12.8. The predicted molar refractivity (Wildman–Crippen MR) is 145 cm³/mol. The summed E-state index contributed by atoms with van der Waals surface area (Å²) >= 11 is 12.5. The number of carbonyl (C=O) groups is 1. The van der Waals surface area contributed by atoms with Gasteiger partial charge in [-0.05, 0) is 60.4 Å². The fourth-order valence-corrected chi connectivity index (χ4v) is 5.55. The largest absolute Gasteiger partial charge is 0.494 e. The molecule has 8 heteroatoms. The van der Waals surface area contributed by atoms with Gasteiger partial charge in [0, 0.05) is 10.6 Å². The topological polar surface area (TPSA) is 47.4 Å². The van der Waals surface area contributed by atoms with E-state index in [-0.39, 0.29) is 29.0 Å². The van der Waals surface area contributed by atoms with Gasteiger partial charge in [0.2, 0.25) is 5.91 Å². The summed E-state index contributed by atoms with van der Waals surface area (Å²) in [6.07, 6.45) is 0.0201. The molecule has 0 aliphatic carbocycles. The molecule has 1 aliphatic rings. The molecule has 0 saturated carbocycles. The fourth-order valence-electron chi connectivity index (χ4n) is 5.16. The second kappa shape index (κ2) is 9.84. The molecular formula is C29H26Cl2FN3O2. The molecule has 0 fully saturated rings. The summed E-state index contributed by atoms with van der Waals surface area (Å²) < 4.78 is 22.9. The Hall–Kier alpha value is -3.35. The van der Waals surface area contributed by atoms with Crippen molar-refractivity contribution in [3.63, 3.8) is 0 Å². The lowest BCUT2D eigenvalue weighted by molar-refractivity contribution is -0.118. The minimum absolute atomic E-state index is 0.0201. The third-order valence-corrected chi connectivity index (χ3v) is 7.26. The number of ether oxygens (including phenoxy) is 1. The number of aryl methyl sites for hydroxylation is 1. The Morgan fingerprint density at radius 2 is 1.78 bits per heavy atom. The second-order valence-electron chi connectivity index (χ2n) is 9.40. The number of halogens is 3. The quantitative estimate of drug-likeness (QED) is 0.265. The van der Waals surface area contributed by atoms with E-state index >= 15 is 4.39 Å². The van der Waals surface area contributed by atoms with Crippen molar-refractivity contribution in [1.29, 1.82) is 0 Å². The Bertz CT molecular complexity index is 1520. The number of hydrogen-bond acceptors (Lipinski definition) is 3. The summed E-state index contributed by atoms with van der Waals surface area (Å²) in [6, 6.07) is 17.2. The monoisotopic (exact) mass is 537 g/mol. The van der Waals surface area contributed by atoms with Crippen LogP contribution < -0.4 is 9.64 Å². The highest BCUT2D eigenvalue weighted by Gasteiger charge is 2.42. The first-order chi connectivity index (χ1) is 17.7. The molecule has 0 bridgehead atoms. The molecule has 0 N–H and O–H groups in total. The molecule has 1 atom stereocenters. The molecule has 0 saturated heterocycles. The third-order valence-electron chi connectivity index (χ3n) is 6.73. The van der Waals surface area contributed by atoms with Crippen molar-refractivity contribution in [2.24, 2.45) is 0 Å². The molecule has 1 aromatic heterocycles. The minimum atomic E-state index is -0.638. The van der Waals surface area contributed by atoms with Crippen LogP contribution in [0.1, 0.15) is 53.9 Å². The molecule has 2 heterocycles. The van der Waals surface area contributed by atoms with E-state index in [0.29, 0.717) is 16.5 Å².